The van der Waals surface area contributed by atoms with Gasteiger partial charge in [0.05, 0.1) is 5.56 Å². The van der Waals surface area contributed by atoms with Crippen LogP contribution < -0.4 is 10.1 Å². The molecule has 1 aliphatic rings. The number of amides is 2. The summed E-state index contributed by atoms with van der Waals surface area (Å²) in [4.78, 5) is 29.9. The van der Waals surface area contributed by atoms with Crippen molar-refractivity contribution in [3.8, 4) is 5.75 Å². The van der Waals surface area contributed by atoms with E-state index < -0.39 is 0 Å². The maximum Gasteiger partial charge on any atom is 0.257 e. The lowest BCUT2D eigenvalue weighted by Gasteiger charge is -2.33. The Balaban J connectivity index is 1.53. The molecule has 34 heavy (non-hydrogen) atoms. The largest absolute Gasteiger partial charge is 0.488 e. The molecule has 2 aromatic rings. The van der Waals surface area contributed by atoms with Crippen LogP contribution in [0.4, 0.5) is 0 Å². The van der Waals surface area contributed by atoms with Gasteiger partial charge >= 0.3 is 0 Å². The minimum absolute atomic E-state index is 0.00551. The average Bonchev–Trinajstić information content (AvgIpc) is 2.81. The fourth-order valence-corrected chi connectivity index (χ4v) is 4.53. The predicted molar refractivity (Wildman–Crippen MR) is 136 cm³/mol. The number of nitrogens with zero attached hydrogens (tertiary/aromatic N) is 2. The number of benzene rings is 2. The highest BCUT2D eigenvalue weighted by molar-refractivity contribution is 6.30. The Kier molecular flexibility index (Phi) is 8.97. The van der Waals surface area contributed by atoms with Crippen molar-refractivity contribution in [2.75, 3.05) is 40.3 Å². The van der Waals surface area contributed by atoms with E-state index in [1.165, 1.54) is 0 Å². The summed E-state index contributed by atoms with van der Waals surface area (Å²) in [5.74, 6) is 0.532. The molecule has 0 aliphatic carbocycles. The zero-order valence-corrected chi connectivity index (χ0v) is 21.4. The van der Waals surface area contributed by atoms with E-state index in [4.69, 9.17) is 16.3 Å². The Morgan fingerprint density at radius 1 is 1.09 bits per heavy atom. The summed E-state index contributed by atoms with van der Waals surface area (Å²) in [5.41, 5.74) is 1.53. The number of para-hydroxylation sites is 1. The fourth-order valence-electron chi connectivity index (χ4n) is 4.41. The lowest BCUT2D eigenvalue weighted by atomic mass is 9.91. The fraction of sp³-hybridized carbons (Fsp3) is 0.481. The van der Waals surface area contributed by atoms with Crippen molar-refractivity contribution in [3.05, 3.63) is 64.7 Å². The van der Waals surface area contributed by atoms with Crippen molar-refractivity contribution in [3.63, 3.8) is 0 Å². The van der Waals surface area contributed by atoms with E-state index in [2.05, 4.69) is 24.1 Å². The van der Waals surface area contributed by atoms with E-state index in [9.17, 15) is 9.59 Å². The van der Waals surface area contributed by atoms with E-state index in [1.807, 2.05) is 61.5 Å². The topological polar surface area (TPSA) is 61.9 Å². The molecule has 0 bridgehead atoms. The molecule has 6 nitrogen and oxygen atoms in total. The molecule has 184 valence electrons. The van der Waals surface area contributed by atoms with Gasteiger partial charge in [0.1, 0.15) is 12.4 Å². The normalized spacial score (nSPS) is 14.8. The number of carbonyl (C=O) groups is 2. The predicted octanol–water partition coefficient (Wildman–Crippen LogP) is 4.48. The number of halogens is 1. The molecule has 2 amide bonds. The Hall–Kier alpha value is -2.57. The minimum Gasteiger partial charge on any atom is -0.488 e. The molecular formula is C27H36ClN3O3. The summed E-state index contributed by atoms with van der Waals surface area (Å²) < 4.78 is 5.97. The number of nitrogens with one attached hydrogen (secondary N) is 1. The maximum absolute atomic E-state index is 13.2. The van der Waals surface area contributed by atoms with Crippen molar-refractivity contribution >= 4 is 23.4 Å². The van der Waals surface area contributed by atoms with Crippen LogP contribution in [0.3, 0.4) is 0 Å². The number of rotatable bonds is 9. The number of likely N-dealkylation sites (tertiary alicyclic amines) is 1. The molecule has 2 aromatic carbocycles. The highest BCUT2D eigenvalue weighted by Gasteiger charge is 2.30. The molecule has 0 atom stereocenters. The molecule has 0 radical (unpaired) electrons. The van der Waals surface area contributed by atoms with Crippen LogP contribution in [0.1, 0.15) is 42.6 Å². The summed E-state index contributed by atoms with van der Waals surface area (Å²) in [5, 5.41) is 3.80. The van der Waals surface area contributed by atoms with Gasteiger partial charge in [0, 0.05) is 37.1 Å². The first-order valence-electron chi connectivity index (χ1n) is 11.8. The summed E-state index contributed by atoms with van der Waals surface area (Å²) in [6, 6.07) is 14.8. The minimum atomic E-state index is -0.0596. The van der Waals surface area contributed by atoms with Crippen LogP contribution in [0, 0.1) is 11.3 Å². The average molecular weight is 486 g/mol. The first-order valence-corrected chi connectivity index (χ1v) is 12.2. The summed E-state index contributed by atoms with van der Waals surface area (Å²) >= 11 is 5.95. The van der Waals surface area contributed by atoms with Crippen LogP contribution >= 0.6 is 11.6 Å². The molecule has 0 spiro atoms. The van der Waals surface area contributed by atoms with Gasteiger partial charge in [-0.05, 0) is 62.2 Å². The molecule has 0 unspecified atom stereocenters. The van der Waals surface area contributed by atoms with E-state index >= 15 is 0 Å². The molecule has 0 saturated carbocycles. The zero-order chi connectivity index (χ0) is 24.7. The second kappa shape index (κ2) is 11.7. The van der Waals surface area contributed by atoms with Crippen molar-refractivity contribution in [2.24, 2.45) is 11.3 Å². The van der Waals surface area contributed by atoms with Gasteiger partial charge in [-0.15, -0.1) is 0 Å². The van der Waals surface area contributed by atoms with Gasteiger partial charge in [0.2, 0.25) is 5.91 Å². The third-order valence-electron chi connectivity index (χ3n) is 6.06. The maximum atomic E-state index is 13.2. The molecule has 3 rings (SSSR count). The number of hydrogen-bond acceptors (Lipinski definition) is 4. The van der Waals surface area contributed by atoms with Gasteiger partial charge in [0.25, 0.3) is 5.91 Å². The Morgan fingerprint density at radius 2 is 1.74 bits per heavy atom. The van der Waals surface area contributed by atoms with Gasteiger partial charge in [-0.25, -0.2) is 0 Å². The highest BCUT2D eigenvalue weighted by Crippen LogP contribution is 2.25. The lowest BCUT2D eigenvalue weighted by molar-refractivity contribution is -0.126. The Morgan fingerprint density at radius 3 is 2.38 bits per heavy atom. The van der Waals surface area contributed by atoms with E-state index in [1.54, 1.807) is 6.07 Å². The smallest absolute Gasteiger partial charge is 0.257 e. The summed E-state index contributed by atoms with van der Waals surface area (Å²) in [7, 11) is 4.08. The molecule has 0 aromatic heterocycles. The number of hydrogen-bond donors (Lipinski definition) is 1. The zero-order valence-electron chi connectivity index (χ0n) is 20.6. The van der Waals surface area contributed by atoms with Crippen molar-refractivity contribution < 1.29 is 14.3 Å². The molecule has 7 heteroatoms. The SMILES string of the molecule is CN(C)CC(C)(C)CNC(=O)C1CCN(C(=O)c2ccccc2OCc2ccc(Cl)cc2)CC1. The Labute approximate surface area is 208 Å². The summed E-state index contributed by atoms with van der Waals surface area (Å²) in [6.07, 6.45) is 1.33. The second-order valence-corrected chi connectivity index (χ2v) is 10.5. The monoisotopic (exact) mass is 485 g/mol. The van der Waals surface area contributed by atoms with Gasteiger partial charge in [-0.2, -0.15) is 0 Å². The van der Waals surface area contributed by atoms with E-state index in [0.717, 1.165) is 12.1 Å². The van der Waals surface area contributed by atoms with E-state index in [0.29, 0.717) is 55.4 Å². The van der Waals surface area contributed by atoms with Crippen LogP contribution in [0.15, 0.2) is 48.5 Å². The van der Waals surface area contributed by atoms with Crippen LogP contribution in [-0.4, -0.2) is 61.9 Å². The van der Waals surface area contributed by atoms with Crippen molar-refractivity contribution in [1.29, 1.82) is 0 Å². The van der Waals surface area contributed by atoms with Crippen LogP contribution in [-0.2, 0) is 11.4 Å². The van der Waals surface area contributed by atoms with Crippen LogP contribution in [0.2, 0.25) is 5.02 Å². The van der Waals surface area contributed by atoms with E-state index in [-0.39, 0.29) is 23.1 Å². The van der Waals surface area contributed by atoms with Crippen molar-refractivity contribution in [1.82, 2.24) is 15.1 Å². The first kappa shape index (κ1) is 26.0. The highest BCUT2D eigenvalue weighted by atomic mass is 35.5. The van der Waals surface area contributed by atoms with Gasteiger partial charge < -0.3 is 19.9 Å². The third-order valence-corrected chi connectivity index (χ3v) is 6.32. The van der Waals surface area contributed by atoms with Gasteiger partial charge in [-0.3, -0.25) is 9.59 Å². The van der Waals surface area contributed by atoms with Gasteiger partial charge in [-0.1, -0.05) is 49.7 Å². The Bertz CT molecular complexity index is 967. The number of carbonyl (C=O) groups excluding carboxylic acids is 2. The lowest BCUT2D eigenvalue weighted by Crippen LogP contribution is -2.46. The molecule has 1 aliphatic heterocycles. The first-order chi connectivity index (χ1) is 16.1. The number of ether oxygens (including phenoxy) is 1. The molecule has 1 fully saturated rings. The number of piperidine rings is 1. The summed E-state index contributed by atoms with van der Waals surface area (Å²) in [6.45, 7) is 7.32. The van der Waals surface area contributed by atoms with Gasteiger partial charge in [0.15, 0.2) is 0 Å². The molecular weight excluding hydrogens is 450 g/mol. The molecule has 1 heterocycles. The molecule has 1 N–H and O–H groups in total. The second-order valence-electron chi connectivity index (χ2n) is 10.1. The van der Waals surface area contributed by atoms with Crippen molar-refractivity contribution in [2.45, 2.75) is 33.3 Å². The van der Waals surface area contributed by atoms with Crippen LogP contribution in [0.5, 0.6) is 5.75 Å². The standard InChI is InChI=1S/C27H36ClN3O3/c1-27(2,19-30(3)4)18-29-25(32)21-13-15-31(16-14-21)26(33)23-7-5-6-8-24(23)34-17-20-9-11-22(28)12-10-20/h5-12,21H,13-19H2,1-4H3,(H,29,32). The van der Waals surface area contributed by atoms with Crippen LogP contribution in [0.25, 0.3) is 0 Å². The quantitative estimate of drug-likeness (QED) is 0.569. The third kappa shape index (κ3) is 7.47. The molecule has 1 saturated heterocycles.